The monoisotopic (exact) mass is 217 g/mol. The highest BCUT2D eigenvalue weighted by Crippen LogP contribution is 2.32. The summed E-state index contributed by atoms with van der Waals surface area (Å²) in [4.78, 5) is 10.9. The van der Waals surface area contributed by atoms with Gasteiger partial charge in [0.2, 0.25) is 0 Å². The Morgan fingerprint density at radius 3 is 3.00 bits per heavy atom. The third-order valence-corrected chi connectivity index (χ3v) is 2.85. The molecule has 1 heterocycles. The van der Waals surface area contributed by atoms with Gasteiger partial charge < -0.3 is 9.84 Å². The molecule has 1 aliphatic heterocycles. The van der Waals surface area contributed by atoms with Gasteiger partial charge in [0, 0.05) is 0 Å². The summed E-state index contributed by atoms with van der Waals surface area (Å²) in [5.41, 5.74) is 1.11. The highest BCUT2D eigenvalue weighted by molar-refractivity contribution is 5.88. The first-order valence-electron chi connectivity index (χ1n) is 4.92. The summed E-state index contributed by atoms with van der Waals surface area (Å²) >= 11 is 0. The molecule has 82 valence electrons. The van der Waals surface area contributed by atoms with Crippen LogP contribution in [0.1, 0.15) is 28.4 Å². The first-order valence-corrected chi connectivity index (χ1v) is 4.92. The highest BCUT2D eigenvalue weighted by Gasteiger charge is 2.33. The summed E-state index contributed by atoms with van der Waals surface area (Å²) < 4.78 is 5.33. The van der Waals surface area contributed by atoms with Crippen LogP contribution in [0.15, 0.2) is 18.2 Å². The molecule has 0 aromatic heterocycles. The number of aromatic carboxylic acids is 1. The van der Waals surface area contributed by atoms with E-state index >= 15 is 0 Å². The van der Waals surface area contributed by atoms with Crippen LogP contribution < -0.4 is 0 Å². The molecule has 2 rings (SSSR count). The molecule has 0 saturated heterocycles. The molecule has 1 aromatic carbocycles. The van der Waals surface area contributed by atoms with Crippen molar-refractivity contribution in [3.05, 3.63) is 34.9 Å². The fourth-order valence-electron chi connectivity index (χ4n) is 1.88. The smallest absolute Gasteiger partial charge is 0.335 e. The maximum absolute atomic E-state index is 10.9. The Morgan fingerprint density at radius 2 is 2.38 bits per heavy atom. The molecule has 0 fully saturated rings. The number of nitriles is 1. The van der Waals surface area contributed by atoms with E-state index in [0.717, 1.165) is 11.1 Å². The molecule has 0 aliphatic carbocycles. The molecule has 1 atom stereocenters. The van der Waals surface area contributed by atoms with E-state index < -0.39 is 11.4 Å². The average molecular weight is 217 g/mol. The Hall–Kier alpha value is -1.86. The Bertz CT molecular complexity index is 490. The zero-order chi connectivity index (χ0) is 11.8. The SMILES string of the molecule is CC1(C#N)COCc2ccc(C(=O)O)cc21. The van der Waals surface area contributed by atoms with Gasteiger partial charge in [-0.15, -0.1) is 0 Å². The fourth-order valence-corrected chi connectivity index (χ4v) is 1.88. The van der Waals surface area contributed by atoms with Crippen LogP contribution in [0.3, 0.4) is 0 Å². The molecule has 0 radical (unpaired) electrons. The molecule has 1 aromatic rings. The quantitative estimate of drug-likeness (QED) is 0.777. The Labute approximate surface area is 93.1 Å². The lowest BCUT2D eigenvalue weighted by Crippen LogP contribution is -2.32. The highest BCUT2D eigenvalue weighted by atomic mass is 16.5. The van der Waals surface area contributed by atoms with Crippen LogP contribution in [0.25, 0.3) is 0 Å². The molecule has 4 heteroatoms. The lowest BCUT2D eigenvalue weighted by Gasteiger charge is -2.29. The van der Waals surface area contributed by atoms with E-state index in [1.165, 1.54) is 6.07 Å². The summed E-state index contributed by atoms with van der Waals surface area (Å²) in [6, 6.07) is 7.01. The molecular formula is C12H11NO3. The number of hydrogen-bond donors (Lipinski definition) is 1. The normalized spacial score (nSPS) is 23.2. The van der Waals surface area contributed by atoms with Gasteiger partial charge in [-0.25, -0.2) is 4.79 Å². The Morgan fingerprint density at radius 1 is 1.62 bits per heavy atom. The maximum atomic E-state index is 10.9. The van der Waals surface area contributed by atoms with Crippen LogP contribution in [0, 0.1) is 11.3 Å². The van der Waals surface area contributed by atoms with Crippen LogP contribution in [-0.4, -0.2) is 17.7 Å². The average Bonchev–Trinajstić information content (AvgIpc) is 2.29. The summed E-state index contributed by atoms with van der Waals surface area (Å²) in [6.07, 6.45) is 0. The second kappa shape index (κ2) is 3.62. The van der Waals surface area contributed by atoms with Gasteiger partial charge in [0.05, 0.1) is 24.8 Å². The summed E-state index contributed by atoms with van der Waals surface area (Å²) in [5, 5.41) is 18.1. The third-order valence-electron chi connectivity index (χ3n) is 2.85. The zero-order valence-electron chi connectivity index (χ0n) is 8.86. The van der Waals surface area contributed by atoms with Gasteiger partial charge in [-0.3, -0.25) is 0 Å². The van der Waals surface area contributed by atoms with Crippen LogP contribution in [-0.2, 0) is 16.8 Å². The number of benzene rings is 1. The van der Waals surface area contributed by atoms with E-state index in [9.17, 15) is 4.79 Å². The fraction of sp³-hybridized carbons (Fsp3) is 0.333. The van der Waals surface area contributed by atoms with Crippen molar-refractivity contribution >= 4 is 5.97 Å². The van der Waals surface area contributed by atoms with Gasteiger partial charge in [0.1, 0.15) is 5.41 Å². The molecule has 1 unspecified atom stereocenters. The minimum atomic E-state index is -0.977. The minimum Gasteiger partial charge on any atom is -0.478 e. The molecule has 0 saturated carbocycles. The standard InChI is InChI=1S/C12H11NO3/c1-12(6-13)7-16-5-9-3-2-8(11(14)15)4-10(9)12/h2-4H,5,7H2,1H3,(H,14,15). The van der Waals surface area contributed by atoms with Crippen molar-refractivity contribution < 1.29 is 14.6 Å². The van der Waals surface area contributed by atoms with Gasteiger partial charge >= 0.3 is 5.97 Å². The van der Waals surface area contributed by atoms with Crippen molar-refractivity contribution in [2.75, 3.05) is 6.61 Å². The first-order chi connectivity index (χ1) is 7.57. The van der Waals surface area contributed by atoms with Crippen molar-refractivity contribution in [1.29, 1.82) is 5.26 Å². The maximum Gasteiger partial charge on any atom is 0.335 e. The van der Waals surface area contributed by atoms with Crippen molar-refractivity contribution in [1.82, 2.24) is 0 Å². The third kappa shape index (κ3) is 1.55. The van der Waals surface area contributed by atoms with Crippen molar-refractivity contribution in [3.8, 4) is 6.07 Å². The largest absolute Gasteiger partial charge is 0.478 e. The predicted octanol–water partition coefficient (Wildman–Crippen LogP) is 1.70. The number of rotatable bonds is 1. The molecule has 0 spiro atoms. The molecule has 1 aliphatic rings. The number of hydrogen-bond acceptors (Lipinski definition) is 3. The topological polar surface area (TPSA) is 70.3 Å². The number of fused-ring (bicyclic) bond motifs is 1. The van der Waals surface area contributed by atoms with Crippen molar-refractivity contribution in [2.24, 2.45) is 0 Å². The van der Waals surface area contributed by atoms with Crippen molar-refractivity contribution in [3.63, 3.8) is 0 Å². The summed E-state index contributed by atoms with van der Waals surface area (Å²) in [5.74, 6) is -0.977. The van der Waals surface area contributed by atoms with Crippen LogP contribution >= 0.6 is 0 Å². The first kappa shape index (κ1) is 10.7. The van der Waals surface area contributed by atoms with Crippen LogP contribution in [0.2, 0.25) is 0 Å². The number of ether oxygens (including phenoxy) is 1. The van der Waals surface area contributed by atoms with Crippen molar-refractivity contribution in [2.45, 2.75) is 18.9 Å². The lowest BCUT2D eigenvalue weighted by atomic mass is 9.80. The van der Waals surface area contributed by atoms with E-state index in [1.807, 2.05) is 0 Å². The molecule has 0 bridgehead atoms. The van der Waals surface area contributed by atoms with Crippen LogP contribution in [0.4, 0.5) is 0 Å². The molecule has 0 amide bonds. The second-order valence-electron chi connectivity index (χ2n) is 4.11. The van der Waals surface area contributed by atoms with Gasteiger partial charge in [-0.2, -0.15) is 5.26 Å². The van der Waals surface area contributed by atoms with E-state index in [-0.39, 0.29) is 5.56 Å². The van der Waals surface area contributed by atoms with Gasteiger partial charge in [-0.1, -0.05) is 6.07 Å². The zero-order valence-corrected chi connectivity index (χ0v) is 8.86. The number of carboxylic acids is 1. The summed E-state index contributed by atoms with van der Waals surface area (Å²) in [6.45, 7) is 2.50. The lowest BCUT2D eigenvalue weighted by molar-refractivity contribution is 0.0689. The number of carboxylic acid groups (broad SMARTS) is 1. The molecule has 4 nitrogen and oxygen atoms in total. The van der Waals surface area contributed by atoms with E-state index in [2.05, 4.69) is 6.07 Å². The second-order valence-corrected chi connectivity index (χ2v) is 4.11. The number of carbonyl (C=O) groups is 1. The molecular weight excluding hydrogens is 206 g/mol. The molecule has 16 heavy (non-hydrogen) atoms. The van der Waals surface area contributed by atoms with Gasteiger partial charge in [0.25, 0.3) is 0 Å². The van der Waals surface area contributed by atoms with Gasteiger partial charge in [0.15, 0.2) is 0 Å². The number of nitrogens with zero attached hydrogens (tertiary/aromatic N) is 1. The van der Waals surface area contributed by atoms with E-state index in [1.54, 1.807) is 19.1 Å². The Kier molecular flexibility index (Phi) is 2.41. The Balaban J connectivity index is 2.58. The van der Waals surface area contributed by atoms with Gasteiger partial charge in [-0.05, 0) is 30.2 Å². The van der Waals surface area contributed by atoms with E-state index in [4.69, 9.17) is 15.1 Å². The molecule has 1 N–H and O–H groups in total. The summed E-state index contributed by atoms with van der Waals surface area (Å²) in [7, 11) is 0. The minimum absolute atomic E-state index is 0.210. The van der Waals surface area contributed by atoms with E-state index in [0.29, 0.717) is 13.2 Å². The van der Waals surface area contributed by atoms with Crippen LogP contribution in [0.5, 0.6) is 0 Å². The predicted molar refractivity (Wildman–Crippen MR) is 56.0 cm³/mol.